The molecule has 0 N–H and O–H groups in total. The van der Waals surface area contributed by atoms with Crippen LogP contribution in [0.2, 0.25) is 0 Å². The van der Waals surface area contributed by atoms with Gasteiger partial charge in [0, 0.05) is 12.0 Å². The Labute approximate surface area is 102 Å². The summed E-state index contributed by atoms with van der Waals surface area (Å²) in [4.78, 5) is 21.7. The van der Waals surface area contributed by atoms with E-state index in [0.717, 1.165) is 0 Å². The average molecular weight is 264 g/mol. The number of hydrogen-bond acceptors (Lipinski definition) is 4. The summed E-state index contributed by atoms with van der Waals surface area (Å²) in [5, 5.41) is 0. The Morgan fingerprint density at radius 2 is 1.67 bits per heavy atom. The molecule has 0 amide bonds. The molecule has 0 rings (SSSR count). The lowest BCUT2D eigenvalue weighted by Crippen LogP contribution is -2.14. The predicted molar refractivity (Wildman–Crippen MR) is 55.2 cm³/mol. The molecular weight excluding hydrogens is 253 g/mol. The molecule has 0 atom stereocenters. The molecule has 0 unspecified atom stereocenters. The molecule has 0 spiro atoms. The lowest BCUT2D eigenvalue weighted by molar-refractivity contribution is -0.138. The summed E-state index contributed by atoms with van der Waals surface area (Å²) in [5.41, 5.74) is -1.46. The molecule has 0 heterocycles. The van der Waals surface area contributed by atoms with Crippen molar-refractivity contribution in [3.63, 3.8) is 0 Å². The van der Waals surface area contributed by atoms with Crippen molar-refractivity contribution in [2.45, 2.75) is 20.0 Å². The molecule has 0 radical (unpaired) electrons. The van der Waals surface area contributed by atoms with Crippen LogP contribution >= 0.6 is 0 Å². The van der Waals surface area contributed by atoms with Gasteiger partial charge in [0.25, 0.3) is 0 Å². The van der Waals surface area contributed by atoms with Gasteiger partial charge in [-0.1, -0.05) is 0 Å². The highest BCUT2D eigenvalue weighted by atomic mass is 19.4. The van der Waals surface area contributed by atoms with Gasteiger partial charge in [-0.05, 0) is 19.8 Å². The van der Waals surface area contributed by atoms with Gasteiger partial charge in [-0.3, -0.25) is 0 Å². The monoisotopic (exact) mass is 264 g/mol. The minimum Gasteiger partial charge on any atom is -0.463 e. The summed E-state index contributed by atoms with van der Waals surface area (Å²) >= 11 is 0. The maximum Gasteiger partial charge on any atom is 0.424 e. The number of allylic oxidation sites excluding steroid dienone is 1. The molecule has 0 aromatic carbocycles. The third kappa shape index (κ3) is 6.58. The Morgan fingerprint density at radius 1 is 1.11 bits per heavy atom. The summed E-state index contributed by atoms with van der Waals surface area (Å²) in [6.45, 7) is 2.87. The largest absolute Gasteiger partial charge is 0.463 e. The zero-order valence-electron chi connectivity index (χ0n) is 9.76. The van der Waals surface area contributed by atoms with Gasteiger partial charge >= 0.3 is 18.1 Å². The number of halogens is 3. The van der Waals surface area contributed by atoms with Crippen LogP contribution in [0, 0.1) is 11.8 Å². The van der Waals surface area contributed by atoms with Gasteiger partial charge in [0.1, 0.15) is 5.57 Å². The van der Waals surface area contributed by atoms with Gasteiger partial charge in [-0.2, -0.15) is 13.2 Å². The highest BCUT2D eigenvalue weighted by Crippen LogP contribution is 2.24. The van der Waals surface area contributed by atoms with Crippen LogP contribution in [0.4, 0.5) is 13.2 Å². The molecule has 0 aromatic rings. The molecule has 0 bridgehead atoms. The van der Waals surface area contributed by atoms with Crippen molar-refractivity contribution in [3.8, 4) is 11.8 Å². The Balaban J connectivity index is 5.04. The van der Waals surface area contributed by atoms with Crippen molar-refractivity contribution in [1.29, 1.82) is 0 Å². The van der Waals surface area contributed by atoms with Crippen LogP contribution in [0.15, 0.2) is 11.6 Å². The molecule has 7 heteroatoms. The summed E-state index contributed by atoms with van der Waals surface area (Å²) in [5.74, 6) is 0.897. The first-order chi connectivity index (χ1) is 8.31. The third-order valence-electron chi connectivity index (χ3n) is 1.43. The van der Waals surface area contributed by atoms with Crippen molar-refractivity contribution >= 4 is 11.9 Å². The molecule has 0 aromatic heterocycles. The zero-order valence-corrected chi connectivity index (χ0v) is 9.76. The first-order valence-corrected chi connectivity index (χ1v) is 4.95. The van der Waals surface area contributed by atoms with E-state index in [0.29, 0.717) is 0 Å². The summed E-state index contributed by atoms with van der Waals surface area (Å²) in [6.07, 6.45) is -4.65. The van der Waals surface area contributed by atoms with Crippen LogP contribution in [0.25, 0.3) is 0 Å². The van der Waals surface area contributed by atoms with E-state index < -0.39 is 23.7 Å². The summed E-state index contributed by atoms with van der Waals surface area (Å²) in [7, 11) is 0. The van der Waals surface area contributed by atoms with E-state index in [9.17, 15) is 22.8 Å². The van der Waals surface area contributed by atoms with Gasteiger partial charge in [0.2, 0.25) is 0 Å². The van der Waals surface area contributed by atoms with Crippen LogP contribution < -0.4 is 0 Å². The smallest absolute Gasteiger partial charge is 0.424 e. The second-order valence-electron chi connectivity index (χ2n) is 2.78. The zero-order chi connectivity index (χ0) is 14.2. The molecule has 0 fully saturated rings. The van der Waals surface area contributed by atoms with Gasteiger partial charge in [-0.15, -0.1) is 0 Å². The summed E-state index contributed by atoms with van der Waals surface area (Å²) in [6, 6.07) is 0. The molecule has 0 saturated carbocycles. The van der Waals surface area contributed by atoms with Crippen LogP contribution in [-0.4, -0.2) is 31.3 Å². The highest BCUT2D eigenvalue weighted by molar-refractivity contribution is 5.90. The van der Waals surface area contributed by atoms with E-state index in [1.54, 1.807) is 11.8 Å². The number of carbonyl (C=O) groups excluding carboxylic acids is 2. The van der Waals surface area contributed by atoms with E-state index in [1.807, 2.05) is 0 Å². The number of esters is 2. The Hall–Kier alpha value is -1.97. The van der Waals surface area contributed by atoms with Crippen molar-refractivity contribution in [3.05, 3.63) is 11.6 Å². The number of carbonyl (C=O) groups is 2. The van der Waals surface area contributed by atoms with Crippen molar-refractivity contribution < 1.29 is 32.2 Å². The maximum absolute atomic E-state index is 12.4. The fourth-order valence-electron chi connectivity index (χ4n) is 0.776. The minimum absolute atomic E-state index is 0.00352. The number of hydrogen-bond donors (Lipinski definition) is 0. The molecule has 0 aliphatic heterocycles. The molecule has 100 valence electrons. The molecule has 0 saturated heterocycles. The van der Waals surface area contributed by atoms with Gasteiger partial charge in [0.05, 0.1) is 13.2 Å². The van der Waals surface area contributed by atoms with Crippen molar-refractivity contribution in [1.82, 2.24) is 0 Å². The first kappa shape index (κ1) is 16.0. The molecule has 0 aliphatic carbocycles. The predicted octanol–water partition coefficient (Wildman–Crippen LogP) is 1.60. The number of alkyl halides is 3. The van der Waals surface area contributed by atoms with Gasteiger partial charge < -0.3 is 9.47 Å². The van der Waals surface area contributed by atoms with E-state index in [-0.39, 0.29) is 19.3 Å². The number of ether oxygens (including phenoxy) is 2. The first-order valence-electron chi connectivity index (χ1n) is 4.95. The molecule has 18 heavy (non-hydrogen) atoms. The van der Waals surface area contributed by atoms with Crippen molar-refractivity contribution in [2.24, 2.45) is 0 Å². The summed E-state index contributed by atoms with van der Waals surface area (Å²) < 4.78 is 45.9. The molecule has 4 nitrogen and oxygen atoms in total. The maximum atomic E-state index is 12.4. The van der Waals surface area contributed by atoms with Crippen LogP contribution in [0.1, 0.15) is 13.8 Å². The SMILES string of the molecule is CCOC(=O)C#C/C(=C\C(=O)OCC)C(F)(F)F. The fourth-order valence-corrected chi connectivity index (χ4v) is 0.776. The van der Waals surface area contributed by atoms with Gasteiger partial charge in [-0.25, -0.2) is 9.59 Å². The topological polar surface area (TPSA) is 52.6 Å². The van der Waals surface area contributed by atoms with Crippen LogP contribution in [0.5, 0.6) is 0 Å². The Morgan fingerprint density at radius 3 is 2.11 bits per heavy atom. The highest BCUT2D eigenvalue weighted by Gasteiger charge is 2.33. The van der Waals surface area contributed by atoms with Crippen LogP contribution in [0.3, 0.4) is 0 Å². The standard InChI is InChI=1S/C11H11F3O4/c1-3-17-9(15)6-5-8(11(12,13)14)7-10(16)18-4-2/h7H,3-4H2,1-2H3/b8-7+. The van der Waals surface area contributed by atoms with E-state index >= 15 is 0 Å². The van der Waals surface area contributed by atoms with Gasteiger partial charge in [0.15, 0.2) is 0 Å². The number of rotatable bonds is 3. The molecular formula is C11H11F3O4. The second-order valence-corrected chi connectivity index (χ2v) is 2.78. The van der Waals surface area contributed by atoms with E-state index in [4.69, 9.17) is 0 Å². The van der Waals surface area contributed by atoms with E-state index in [2.05, 4.69) is 9.47 Å². The van der Waals surface area contributed by atoms with Crippen LogP contribution in [-0.2, 0) is 19.1 Å². The van der Waals surface area contributed by atoms with E-state index in [1.165, 1.54) is 13.8 Å². The average Bonchev–Trinajstić information content (AvgIpc) is 2.23. The van der Waals surface area contributed by atoms with Crippen molar-refractivity contribution in [2.75, 3.05) is 13.2 Å². The Kier molecular flexibility index (Phi) is 6.57. The minimum atomic E-state index is -4.84. The Bertz CT molecular complexity index is 399. The lowest BCUT2D eigenvalue weighted by Gasteiger charge is -2.04. The fraction of sp³-hybridized carbons (Fsp3) is 0.455. The third-order valence-corrected chi connectivity index (χ3v) is 1.43. The lowest BCUT2D eigenvalue weighted by atomic mass is 10.2. The second kappa shape index (κ2) is 7.37. The quantitative estimate of drug-likeness (QED) is 0.336. The molecule has 0 aliphatic rings. The normalized spacial score (nSPS) is 11.3.